The molecule has 5 heteroatoms. The van der Waals surface area contributed by atoms with E-state index in [4.69, 9.17) is 5.11 Å². The number of aliphatic carboxylic acids is 1. The van der Waals surface area contributed by atoms with E-state index in [2.05, 4.69) is 6.92 Å². The highest BCUT2D eigenvalue weighted by atomic mass is 19.1. The summed E-state index contributed by atoms with van der Waals surface area (Å²) in [5.74, 6) is -1.35. The lowest BCUT2D eigenvalue weighted by Gasteiger charge is -2.18. The van der Waals surface area contributed by atoms with Crippen molar-refractivity contribution in [3.05, 3.63) is 101 Å². The molecule has 0 unspecified atom stereocenters. The number of unbranched alkanes of at least 4 members (excludes halogenated alkanes) is 1. The number of carboxylic acids is 1. The van der Waals surface area contributed by atoms with Crippen LogP contribution in [-0.4, -0.2) is 21.3 Å². The maximum atomic E-state index is 14.8. The minimum atomic E-state index is -1.14. The lowest BCUT2D eigenvalue weighted by molar-refractivity contribution is -0.131. The van der Waals surface area contributed by atoms with Gasteiger partial charge in [-0.15, -0.1) is 0 Å². The fourth-order valence-corrected chi connectivity index (χ4v) is 3.55. The average Bonchev–Trinajstić information content (AvgIpc) is 2.77. The van der Waals surface area contributed by atoms with Crippen molar-refractivity contribution in [2.24, 2.45) is 0 Å². The van der Waals surface area contributed by atoms with Crippen LogP contribution in [0.1, 0.15) is 48.4 Å². The molecule has 0 radical (unpaired) electrons. The Morgan fingerprint density at radius 3 is 1.88 bits per heavy atom. The summed E-state index contributed by atoms with van der Waals surface area (Å²) in [6, 6.07) is 18.4. The molecule has 4 nitrogen and oxygen atoms in total. The van der Waals surface area contributed by atoms with E-state index in [0.717, 1.165) is 41.2 Å². The fraction of sp³-hybridized carbons (Fsp3) is 0.148. The van der Waals surface area contributed by atoms with Gasteiger partial charge in [-0.1, -0.05) is 49.7 Å². The second-order valence-corrected chi connectivity index (χ2v) is 7.46. The predicted octanol–water partition coefficient (Wildman–Crippen LogP) is 6.48. The van der Waals surface area contributed by atoms with Crippen molar-refractivity contribution in [2.75, 3.05) is 0 Å². The van der Waals surface area contributed by atoms with Crippen molar-refractivity contribution in [2.45, 2.75) is 26.2 Å². The summed E-state index contributed by atoms with van der Waals surface area (Å²) in [5.41, 5.74) is 4.41. The van der Waals surface area contributed by atoms with E-state index in [-0.39, 0.29) is 17.1 Å². The molecule has 164 valence electrons. The molecule has 0 aliphatic carbocycles. The van der Waals surface area contributed by atoms with E-state index in [1.165, 1.54) is 12.1 Å². The van der Waals surface area contributed by atoms with E-state index < -0.39 is 11.8 Å². The Morgan fingerprint density at radius 1 is 0.875 bits per heavy atom. The Hall–Kier alpha value is -3.86. The Labute approximate surface area is 186 Å². The van der Waals surface area contributed by atoms with Crippen molar-refractivity contribution >= 4 is 23.2 Å². The van der Waals surface area contributed by atoms with Crippen LogP contribution in [0.4, 0.5) is 4.39 Å². The van der Waals surface area contributed by atoms with E-state index in [9.17, 15) is 19.4 Å². The quantitative estimate of drug-likeness (QED) is 0.281. The van der Waals surface area contributed by atoms with Crippen molar-refractivity contribution in [1.82, 2.24) is 0 Å². The summed E-state index contributed by atoms with van der Waals surface area (Å²) in [5, 5.41) is 28.3. The monoisotopic (exact) mass is 432 g/mol. The van der Waals surface area contributed by atoms with Crippen molar-refractivity contribution in [1.29, 1.82) is 0 Å². The number of phenolic OH excluding ortho intramolecular Hbond substituents is 2. The molecule has 0 atom stereocenters. The zero-order valence-electron chi connectivity index (χ0n) is 17.8. The molecular formula is C27H25FO4. The fourth-order valence-electron chi connectivity index (χ4n) is 3.55. The number of aromatic hydroxyl groups is 2. The molecule has 0 fully saturated rings. The van der Waals surface area contributed by atoms with Crippen LogP contribution in [0, 0.1) is 5.82 Å². The highest BCUT2D eigenvalue weighted by Crippen LogP contribution is 2.37. The number of carboxylic acid groups (broad SMARTS) is 1. The summed E-state index contributed by atoms with van der Waals surface area (Å²) in [4.78, 5) is 10.8. The average molecular weight is 432 g/mol. The third kappa shape index (κ3) is 5.64. The Bertz CT molecular complexity index is 1100. The van der Waals surface area contributed by atoms with Gasteiger partial charge in [-0.25, -0.2) is 9.18 Å². The van der Waals surface area contributed by atoms with Gasteiger partial charge in [0.2, 0.25) is 0 Å². The van der Waals surface area contributed by atoms with Crippen LogP contribution in [-0.2, 0) is 4.79 Å². The molecule has 0 heterocycles. The second-order valence-electron chi connectivity index (χ2n) is 7.46. The Morgan fingerprint density at radius 2 is 1.41 bits per heavy atom. The molecule has 0 aromatic heterocycles. The van der Waals surface area contributed by atoms with Crippen LogP contribution in [0.2, 0.25) is 0 Å². The van der Waals surface area contributed by atoms with Crippen LogP contribution in [0.25, 0.3) is 17.2 Å². The van der Waals surface area contributed by atoms with Crippen LogP contribution in [0.3, 0.4) is 0 Å². The number of hydrogen-bond acceptors (Lipinski definition) is 3. The molecule has 0 saturated heterocycles. The van der Waals surface area contributed by atoms with E-state index in [0.29, 0.717) is 12.0 Å². The van der Waals surface area contributed by atoms with E-state index in [1.807, 2.05) is 24.3 Å². The second kappa shape index (κ2) is 10.4. The standard InChI is InChI=1S/C27H25FO4/c1-2-3-4-24(21-6-5-18(25(28)17-21)11-16-26(31)32)27(19-7-12-22(29)13-8-19)20-9-14-23(30)15-10-20/h5-17,29-30H,2-4H2,1H3,(H,31,32). The van der Waals surface area contributed by atoms with Crippen LogP contribution in [0.5, 0.6) is 11.5 Å². The van der Waals surface area contributed by atoms with E-state index >= 15 is 0 Å². The molecule has 0 aliphatic heterocycles. The van der Waals surface area contributed by atoms with Gasteiger partial charge in [-0.3, -0.25) is 0 Å². The first-order chi connectivity index (χ1) is 15.4. The van der Waals surface area contributed by atoms with Crippen molar-refractivity contribution < 1.29 is 24.5 Å². The van der Waals surface area contributed by atoms with Gasteiger partial charge in [0.25, 0.3) is 0 Å². The van der Waals surface area contributed by atoms with Gasteiger partial charge in [0.1, 0.15) is 17.3 Å². The topological polar surface area (TPSA) is 77.8 Å². The van der Waals surface area contributed by atoms with Crippen molar-refractivity contribution in [3.8, 4) is 11.5 Å². The molecule has 0 saturated carbocycles. The number of hydrogen-bond donors (Lipinski definition) is 3. The summed E-state index contributed by atoms with van der Waals surface area (Å²) < 4.78 is 14.8. The first-order valence-electron chi connectivity index (χ1n) is 10.4. The van der Waals surface area contributed by atoms with Crippen LogP contribution in [0.15, 0.2) is 72.8 Å². The summed E-state index contributed by atoms with van der Waals surface area (Å²) in [7, 11) is 0. The Kier molecular flexibility index (Phi) is 7.45. The minimum Gasteiger partial charge on any atom is -0.508 e. The van der Waals surface area contributed by atoms with E-state index in [1.54, 1.807) is 36.4 Å². The van der Waals surface area contributed by atoms with Crippen LogP contribution < -0.4 is 0 Å². The van der Waals surface area contributed by atoms with Gasteiger partial charge in [0.05, 0.1) is 0 Å². The number of halogens is 1. The van der Waals surface area contributed by atoms with Gasteiger partial charge in [0, 0.05) is 11.6 Å². The maximum Gasteiger partial charge on any atom is 0.328 e. The zero-order chi connectivity index (χ0) is 23.1. The number of carbonyl (C=O) groups is 1. The number of phenols is 2. The van der Waals surface area contributed by atoms with Gasteiger partial charge >= 0.3 is 5.97 Å². The summed E-state index contributed by atoms with van der Waals surface area (Å²) in [6.45, 7) is 2.08. The molecular weight excluding hydrogens is 407 g/mol. The van der Waals surface area contributed by atoms with Crippen LogP contribution >= 0.6 is 0 Å². The molecule has 3 rings (SSSR count). The molecule has 0 amide bonds. The third-order valence-electron chi connectivity index (χ3n) is 5.15. The van der Waals surface area contributed by atoms with Gasteiger partial charge in [-0.05, 0) is 77.1 Å². The van der Waals surface area contributed by atoms with Crippen molar-refractivity contribution in [3.63, 3.8) is 0 Å². The maximum absolute atomic E-state index is 14.8. The summed E-state index contributed by atoms with van der Waals surface area (Å²) >= 11 is 0. The number of benzene rings is 3. The third-order valence-corrected chi connectivity index (χ3v) is 5.15. The highest BCUT2D eigenvalue weighted by Gasteiger charge is 2.16. The van der Waals surface area contributed by atoms with Gasteiger partial charge in [0.15, 0.2) is 0 Å². The lowest BCUT2D eigenvalue weighted by atomic mass is 9.86. The molecule has 32 heavy (non-hydrogen) atoms. The molecule has 0 spiro atoms. The minimum absolute atomic E-state index is 0.148. The Balaban J connectivity index is 2.23. The lowest BCUT2D eigenvalue weighted by Crippen LogP contribution is -1.97. The molecule has 3 N–H and O–H groups in total. The van der Waals surface area contributed by atoms with Gasteiger partial charge < -0.3 is 15.3 Å². The normalized spacial score (nSPS) is 10.9. The largest absolute Gasteiger partial charge is 0.508 e. The molecule has 3 aromatic rings. The SMILES string of the molecule is CCCCC(=C(c1ccc(O)cc1)c1ccc(O)cc1)c1ccc(C=CC(=O)O)c(F)c1. The number of rotatable bonds is 8. The first kappa shape index (κ1) is 22.8. The smallest absolute Gasteiger partial charge is 0.328 e. The number of allylic oxidation sites excluding steroid dienone is 1. The zero-order valence-corrected chi connectivity index (χ0v) is 17.8. The highest BCUT2D eigenvalue weighted by molar-refractivity contribution is 5.99. The van der Waals surface area contributed by atoms with Gasteiger partial charge in [-0.2, -0.15) is 0 Å². The molecule has 0 bridgehead atoms. The first-order valence-corrected chi connectivity index (χ1v) is 10.4. The summed E-state index contributed by atoms with van der Waals surface area (Å²) in [6.07, 6.45) is 4.67. The molecule has 3 aromatic carbocycles. The predicted molar refractivity (Wildman–Crippen MR) is 125 cm³/mol. The molecule has 0 aliphatic rings.